The minimum absolute atomic E-state index is 0.264. The smallest absolute Gasteiger partial charge is 0.242 e. The van der Waals surface area contributed by atoms with E-state index in [0.29, 0.717) is 6.54 Å². The van der Waals surface area contributed by atoms with E-state index >= 15 is 0 Å². The molecule has 20 heavy (non-hydrogen) atoms. The maximum Gasteiger partial charge on any atom is 0.242 e. The first kappa shape index (κ1) is 13.8. The molecule has 2 aromatic carbocycles. The van der Waals surface area contributed by atoms with Gasteiger partial charge < -0.3 is 5.32 Å². The van der Waals surface area contributed by atoms with E-state index in [1.807, 2.05) is 49.4 Å². The average molecular weight is 264 g/mol. The van der Waals surface area contributed by atoms with Gasteiger partial charge in [0.05, 0.1) is 6.07 Å². The number of hydrogen-bond acceptors (Lipinski definition) is 2. The van der Waals surface area contributed by atoms with Crippen LogP contribution in [0.15, 0.2) is 54.6 Å². The van der Waals surface area contributed by atoms with E-state index in [1.165, 1.54) is 0 Å². The van der Waals surface area contributed by atoms with E-state index in [-0.39, 0.29) is 5.91 Å². The van der Waals surface area contributed by atoms with Gasteiger partial charge in [0.25, 0.3) is 0 Å². The molecule has 2 rings (SSSR count). The highest BCUT2D eigenvalue weighted by atomic mass is 16.1. The van der Waals surface area contributed by atoms with Crippen LogP contribution in [-0.2, 0) is 11.3 Å². The molecule has 0 spiro atoms. The molecule has 100 valence electrons. The zero-order valence-corrected chi connectivity index (χ0v) is 11.3. The van der Waals surface area contributed by atoms with E-state index in [4.69, 9.17) is 0 Å². The third-order valence-corrected chi connectivity index (χ3v) is 3.07. The summed E-state index contributed by atoms with van der Waals surface area (Å²) in [7, 11) is 0. The zero-order valence-electron chi connectivity index (χ0n) is 11.3. The van der Waals surface area contributed by atoms with E-state index in [1.54, 1.807) is 12.1 Å². The minimum atomic E-state index is -0.763. The predicted molar refractivity (Wildman–Crippen MR) is 77.8 cm³/mol. The average Bonchev–Trinajstić information content (AvgIpc) is 2.47. The molecule has 0 aliphatic heterocycles. The van der Waals surface area contributed by atoms with Gasteiger partial charge in [0.15, 0.2) is 0 Å². The largest absolute Gasteiger partial charge is 0.351 e. The quantitative estimate of drug-likeness (QED) is 0.923. The monoisotopic (exact) mass is 264 g/mol. The second kappa shape index (κ2) is 6.53. The second-order valence-corrected chi connectivity index (χ2v) is 4.68. The molecule has 0 saturated heterocycles. The molecule has 2 aromatic rings. The Hall–Kier alpha value is -2.60. The van der Waals surface area contributed by atoms with Crippen molar-refractivity contribution in [2.45, 2.75) is 19.4 Å². The fourth-order valence-electron chi connectivity index (χ4n) is 2.04. The molecule has 0 aliphatic rings. The summed E-state index contributed by atoms with van der Waals surface area (Å²) in [5.41, 5.74) is 2.90. The Morgan fingerprint density at radius 3 is 2.60 bits per heavy atom. The van der Waals surface area contributed by atoms with Gasteiger partial charge in [-0.15, -0.1) is 0 Å². The molecule has 1 N–H and O–H groups in total. The van der Waals surface area contributed by atoms with Crippen molar-refractivity contribution < 1.29 is 4.79 Å². The van der Waals surface area contributed by atoms with Crippen molar-refractivity contribution >= 4 is 5.91 Å². The molecule has 0 fully saturated rings. The molecule has 1 amide bonds. The predicted octanol–water partition coefficient (Wildman–Crippen LogP) is 2.92. The van der Waals surface area contributed by atoms with E-state index in [9.17, 15) is 10.1 Å². The summed E-state index contributed by atoms with van der Waals surface area (Å²) in [6.45, 7) is 2.44. The number of carbonyl (C=O) groups is 1. The highest BCUT2D eigenvalue weighted by molar-refractivity contribution is 5.86. The molecule has 0 bridgehead atoms. The van der Waals surface area contributed by atoms with Crippen molar-refractivity contribution in [2.24, 2.45) is 0 Å². The first-order valence-corrected chi connectivity index (χ1v) is 6.48. The van der Waals surface area contributed by atoms with Gasteiger partial charge in [-0.1, -0.05) is 60.2 Å². The summed E-state index contributed by atoms with van der Waals surface area (Å²) in [6, 6.07) is 19.1. The van der Waals surface area contributed by atoms with Crippen molar-refractivity contribution in [3.8, 4) is 6.07 Å². The molecule has 0 saturated carbocycles. The summed E-state index contributed by atoms with van der Waals surface area (Å²) in [5, 5.41) is 12.0. The lowest BCUT2D eigenvalue weighted by Crippen LogP contribution is -2.28. The fourth-order valence-corrected chi connectivity index (χ4v) is 2.04. The van der Waals surface area contributed by atoms with E-state index in [2.05, 4.69) is 11.4 Å². The Labute approximate surface area is 118 Å². The normalized spacial score (nSPS) is 11.4. The minimum Gasteiger partial charge on any atom is -0.351 e. The Morgan fingerprint density at radius 1 is 1.20 bits per heavy atom. The van der Waals surface area contributed by atoms with Crippen molar-refractivity contribution in [2.75, 3.05) is 0 Å². The van der Waals surface area contributed by atoms with Gasteiger partial charge in [0.1, 0.15) is 5.92 Å². The van der Waals surface area contributed by atoms with Gasteiger partial charge >= 0.3 is 0 Å². The first-order chi connectivity index (χ1) is 9.70. The van der Waals surface area contributed by atoms with Gasteiger partial charge in [-0.2, -0.15) is 5.26 Å². The van der Waals surface area contributed by atoms with Crippen LogP contribution in [0.5, 0.6) is 0 Å². The van der Waals surface area contributed by atoms with Crippen LogP contribution in [0.25, 0.3) is 0 Å². The lowest BCUT2D eigenvalue weighted by molar-refractivity contribution is -0.121. The van der Waals surface area contributed by atoms with Crippen LogP contribution >= 0.6 is 0 Å². The van der Waals surface area contributed by atoms with Crippen LogP contribution in [0.2, 0.25) is 0 Å². The van der Waals surface area contributed by atoms with Crippen molar-refractivity contribution in [3.63, 3.8) is 0 Å². The highest BCUT2D eigenvalue weighted by Crippen LogP contribution is 2.14. The van der Waals surface area contributed by atoms with Crippen molar-refractivity contribution in [1.29, 1.82) is 5.26 Å². The molecular weight excluding hydrogens is 248 g/mol. The summed E-state index contributed by atoms with van der Waals surface area (Å²) in [4.78, 5) is 12.1. The summed E-state index contributed by atoms with van der Waals surface area (Å²) in [5.74, 6) is -1.03. The molecule has 0 radical (unpaired) electrons. The molecule has 1 unspecified atom stereocenters. The second-order valence-electron chi connectivity index (χ2n) is 4.68. The van der Waals surface area contributed by atoms with Crippen LogP contribution in [0, 0.1) is 18.3 Å². The number of rotatable bonds is 4. The Morgan fingerprint density at radius 2 is 1.95 bits per heavy atom. The molecule has 3 heteroatoms. The van der Waals surface area contributed by atoms with Gasteiger partial charge in [0.2, 0.25) is 5.91 Å². The van der Waals surface area contributed by atoms with Gasteiger partial charge in [-0.3, -0.25) is 4.79 Å². The molecule has 0 aliphatic carbocycles. The summed E-state index contributed by atoms with van der Waals surface area (Å²) < 4.78 is 0. The Bertz CT molecular complexity index is 629. The van der Waals surface area contributed by atoms with E-state index in [0.717, 1.165) is 16.7 Å². The van der Waals surface area contributed by atoms with Gasteiger partial charge in [-0.05, 0) is 18.1 Å². The maximum absolute atomic E-state index is 12.1. The van der Waals surface area contributed by atoms with Crippen LogP contribution in [0.3, 0.4) is 0 Å². The van der Waals surface area contributed by atoms with Crippen LogP contribution < -0.4 is 5.32 Å². The fraction of sp³-hybridized carbons (Fsp3) is 0.176. The number of nitriles is 1. The lowest BCUT2D eigenvalue weighted by atomic mass is 10.00. The van der Waals surface area contributed by atoms with Crippen LogP contribution in [0.1, 0.15) is 22.6 Å². The standard InChI is InChI=1S/C17H16N2O/c1-13-6-5-7-14(10-13)12-19-17(20)16(11-18)15-8-3-2-4-9-15/h2-10,16H,12H2,1H3,(H,19,20). The lowest BCUT2D eigenvalue weighted by Gasteiger charge is -2.10. The molecular formula is C17H16N2O. The summed E-state index contributed by atoms with van der Waals surface area (Å²) >= 11 is 0. The van der Waals surface area contributed by atoms with Gasteiger partial charge in [0, 0.05) is 6.54 Å². The third kappa shape index (κ3) is 3.46. The number of nitrogens with zero attached hydrogens (tertiary/aromatic N) is 1. The molecule has 0 heterocycles. The zero-order chi connectivity index (χ0) is 14.4. The van der Waals surface area contributed by atoms with E-state index < -0.39 is 5.92 Å². The number of carbonyl (C=O) groups excluding carboxylic acids is 1. The summed E-state index contributed by atoms with van der Waals surface area (Å²) in [6.07, 6.45) is 0. The number of amides is 1. The molecule has 3 nitrogen and oxygen atoms in total. The number of nitrogens with one attached hydrogen (secondary N) is 1. The highest BCUT2D eigenvalue weighted by Gasteiger charge is 2.19. The SMILES string of the molecule is Cc1cccc(CNC(=O)C(C#N)c2ccccc2)c1. The van der Waals surface area contributed by atoms with Gasteiger partial charge in [-0.25, -0.2) is 0 Å². The van der Waals surface area contributed by atoms with Crippen LogP contribution in [0.4, 0.5) is 0 Å². The number of benzene rings is 2. The number of hydrogen-bond donors (Lipinski definition) is 1. The Kier molecular flexibility index (Phi) is 4.52. The number of aryl methyl sites for hydroxylation is 1. The topological polar surface area (TPSA) is 52.9 Å². The van der Waals surface area contributed by atoms with Crippen molar-refractivity contribution in [1.82, 2.24) is 5.32 Å². The van der Waals surface area contributed by atoms with Crippen LogP contribution in [-0.4, -0.2) is 5.91 Å². The first-order valence-electron chi connectivity index (χ1n) is 6.48. The molecule has 0 aromatic heterocycles. The maximum atomic E-state index is 12.1. The van der Waals surface area contributed by atoms with Crippen molar-refractivity contribution in [3.05, 3.63) is 71.3 Å². The molecule has 1 atom stereocenters. The third-order valence-electron chi connectivity index (χ3n) is 3.07. The Balaban J connectivity index is 2.02.